The maximum absolute atomic E-state index is 14.6. The minimum Gasteiger partial charge on any atom is -0.508 e. The lowest BCUT2D eigenvalue weighted by molar-refractivity contribution is -0.178. The molecule has 52 heavy (non-hydrogen) atoms. The van der Waals surface area contributed by atoms with Gasteiger partial charge >= 0.3 is 0 Å². The van der Waals surface area contributed by atoms with Crippen LogP contribution in [0.1, 0.15) is 97.8 Å². The van der Waals surface area contributed by atoms with Crippen molar-refractivity contribution in [3.63, 3.8) is 0 Å². The summed E-state index contributed by atoms with van der Waals surface area (Å²) in [5, 5.41) is 46.7. The van der Waals surface area contributed by atoms with Gasteiger partial charge < -0.3 is 20.4 Å². The van der Waals surface area contributed by atoms with E-state index in [2.05, 4.69) is 0 Å². The van der Waals surface area contributed by atoms with Gasteiger partial charge in [-0.3, -0.25) is 24.0 Å². The zero-order valence-corrected chi connectivity index (χ0v) is 31.3. The molecule has 2 fully saturated rings. The number of ketones is 5. The van der Waals surface area contributed by atoms with Crippen molar-refractivity contribution in [2.24, 2.45) is 39.9 Å². The number of fused-ring (bicyclic) bond motifs is 3. The standard InChI is InChI=1S/C43H50O9/c1-21(2)33-35(47)31(22(3)44)38(50)43(52)39(51)34-36(48)32-28(19-41(34,7)20-42(33,43)8)25(16-17-29(32)45)24-14-12-23(13-15-24)18-30(46)26-10-9-11-27(26)37(49)40(4,5)6/h12-17,21,26-27,33,45,48,50,52H,9-11,18-20H2,1-8H3/t26?,27?,33?,41-,42-,43+/m1/s1. The Kier molecular flexibility index (Phi) is 8.89. The van der Waals surface area contributed by atoms with E-state index in [4.69, 9.17) is 0 Å². The second kappa shape index (κ2) is 12.4. The van der Waals surface area contributed by atoms with Crippen LogP contribution < -0.4 is 0 Å². The summed E-state index contributed by atoms with van der Waals surface area (Å²) in [6.07, 6.45) is 2.64. The van der Waals surface area contributed by atoms with Gasteiger partial charge in [0.1, 0.15) is 34.4 Å². The van der Waals surface area contributed by atoms with Crippen LogP contribution in [0.3, 0.4) is 0 Å². The summed E-state index contributed by atoms with van der Waals surface area (Å²) < 4.78 is 0. The van der Waals surface area contributed by atoms with Crippen molar-refractivity contribution in [2.75, 3.05) is 0 Å². The largest absolute Gasteiger partial charge is 0.508 e. The Balaban J connectivity index is 1.39. The molecule has 4 aliphatic rings. The number of aliphatic hydroxyl groups is 3. The van der Waals surface area contributed by atoms with Crippen molar-refractivity contribution in [2.45, 2.75) is 99.5 Å². The smallest absolute Gasteiger partial charge is 0.203 e. The number of phenols is 1. The lowest BCUT2D eigenvalue weighted by Crippen LogP contribution is -2.69. The second-order valence-electron chi connectivity index (χ2n) is 17.5. The number of carbonyl (C=O) groups excluding carboxylic acids is 5. The first-order valence-corrected chi connectivity index (χ1v) is 18.3. The highest BCUT2D eigenvalue weighted by atomic mass is 16.3. The van der Waals surface area contributed by atoms with E-state index in [0.717, 1.165) is 30.9 Å². The number of hydrogen-bond donors (Lipinski definition) is 4. The summed E-state index contributed by atoms with van der Waals surface area (Å²) in [7, 11) is 0. The Morgan fingerprint density at radius 2 is 1.54 bits per heavy atom. The third-order valence-corrected chi connectivity index (χ3v) is 12.5. The molecule has 0 amide bonds. The Bertz CT molecular complexity index is 1990. The van der Waals surface area contributed by atoms with Gasteiger partial charge in [0.15, 0.2) is 17.2 Å². The van der Waals surface area contributed by atoms with Crippen LogP contribution >= 0.6 is 0 Å². The molecule has 3 unspecified atom stereocenters. The monoisotopic (exact) mass is 710 g/mol. The second-order valence-corrected chi connectivity index (χ2v) is 17.5. The van der Waals surface area contributed by atoms with Gasteiger partial charge in [0.2, 0.25) is 5.78 Å². The summed E-state index contributed by atoms with van der Waals surface area (Å²) in [6, 6.07) is 10.6. The molecule has 0 aliphatic heterocycles. The van der Waals surface area contributed by atoms with Crippen molar-refractivity contribution in [1.82, 2.24) is 0 Å². The number of hydrogen-bond acceptors (Lipinski definition) is 9. The van der Waals surface area contributed by atoms with Crippen LogP contribution in [0.4, 0.5) is 0 Å². The number of Topliss-reactive ketones (excluding diaryl/α,β-unsaturated/α-hetero) is 5. The highest BCUT2D eigenvalue weighted by molar-refractivity contribution is 6.24. The minimum absolute atomic E-state index is 0.000920. The molecule has 0 bridgehead atoms. The zero-order chi connectivity index (χ0) is 38.5. The van der Waals surface area contributed by atoms with Crippen molar-refractivity contribution >= 4 is 34.7 Å². The summed E-state index contributed by atoms with van der Waals surface area (Å²) in [5.41, 5.74) is -3.82. The fraction of sp³-hybridized carbons (Fsp3) is 0.512. The lowest BCUT2D eigenvalue weighted by atomic mass is 9.43. The lowest BCUT2D eigenvalue weighted by Gasteiger charge is -2.59. The summed E-state index contributed by atoms with van der Waals surface area (Å²) >= 11 is 0. The van der Waals surface area contributed by atoms with Crippen molar-refractivity contribution < 1.29 is 44.4 Å². The van der Waals surface area contributed by atoms with Crippen LogP contribution in [0.5, 0.6) is 5.75 Å². The molecule has 4 aliphatic carbocycles. The predicted octanol–water partition coefficient (Wildman–Crippen LogP) is 7.00. The Hall–Kier alpha value is -4.37. The minimum atomic E-state index is -2.67. The van der Waals surface area contributed by atoms with Crippen LogP contribution in [0.2, 0.25) is 0 Å². The summed E-state index contributed by atoms with van der Waals surface area (Å²) in [4.78, 5) is 67.6. The van der Waals surface area contributed by atoms with Gasteiger partial charge in [-0.1, -0.05) is 85.2 Å². The summed E-state index contributed by atoms with van der Waals surface area (Å²) in [6.45, 7) is 13.7. The molecule has 0 spiro atoms. The van der Waals surface area contributed by atoms with Crippen LogP contribution in [0, 0.1) is 39.9 Å². The van der Waals surface area contributed by atoms with Gasteiger partial charge in [0.25, 0.3) is 0 Å². The van der Waals surface area contributed by atoms with Crippen LogP contribution in [-0.4, -0.2) is 54.9 Å². The molecule has 276 valence electrons. The van der Waals surface area contributed by atoms with Gasteiger partial charge in [-0.15, -0.1) is 0 Å². The highest BCUT2D eigenvalue weighted by Gasteiger charge is 2.72. The Morgan fingerprint density at radius 3 is 2.12 bits per heavy atom. The van der Waals surface area contributed by atoms with E-state index >= 15 is 0 Å². The van der Waals surface area contributed by atoms with Crippen LogP contribution in [0.25, 0.3) is 16.9 Å². The fourth-order valence-corrected chi connectivity index (χ4v) is 10.3. The molecular formula is C43H50O9. The maximum Gasteiger partial charge on any atom is 0.203 e. The molecule has 6 rings (SSSR count). The summed E-state index contributed by atoms with van der Waals surface area (Å²) in [5.74, 6) is -5.99. The Morgan fingerprint density at radius 1 is 0.923 bits per heavy atom. The van der Waals surface area contributed by atoms with Gasteiger partial charge in [-0.2, -0.15) is 0 Å². The number of aromatic hydroxyl groups is 1. The Labute approximate surface area is 304 Å². The molecule has 6 atom stereocenters. The average molecular weight is 711 g/mol. The first kappa shape index (κ1) is 37.4. The zero-order valence-electron chi connectivity index (χ0n) is 31.3. The third kappa shape index (κ3) is 5.33. The SMILES string of the molecule is CC(=O)C1=C(O)[C@]2(O)C(=O)C3=C(O)c4c(O)ccc(-c5ccc(CC(=O)C6CCCC6C(=O)C(C)(C)C)cc5)c4C[C@]3(C)C[C@]2(C)C(C(C)C)C1=O. The van der Waals surface area contributed by atoms with E-state index in [1.807, 2.05) is 45.0 Å². The molecule has 0 saturated heterocycles. The normalized spacial score (nSPS) is 30.3. The van der Waals surface area contributed by atoms with E-state index < -0.39 is 68.1 Å². The van der Waals surface area contributed by atoms with Gasteiger partial charge in [0, 0.05) is 46.0 Å². The van der Waals surface area contributed by atoms with Gasteiger partial charge in [-0.05, 0) is 66.8 Å². The maximum atomic E-state index is 14.6. The first-order valence-electron chi connectivity index (χ1n) is 18.3. The molecular weight excluding hydrogens is 660 g/mol. The number of aliphatic hydroxyl groups excluding tert-OH is 2. The average Bonchev–Trinajstić information content (AvgIpc) is 3.52. The number of allylic oxidation sites excluding steroid dienone is 1. The quantitative estimate of drug-likeness (QED) is 0.221. The topological polar surface area (TPSA) is 166 Å². The predicted molar refractivity (Wildman–Crippen MR) is 195 cm³/mol. The molecule has 2 aromatic carbocycles. The molecule has 4 N–H and O–H groups in total. The van der Waals surface area contributed by atoms with E-state index in [-0.39, 0.29) is 59.6 Å². The van der Waals surface area contributed by atoms with E-state index in [0.29, 0.717) is 17.5 Å². The van der Waals surface area contributed by atoms with Gasteiger partial charge in [0.05, 0.1) is 5.56 Å². The number of carbonyl (C=O) groups is 5. The van der Waals surface area contributed by atoms with Crippen LogP contribution in [-0.2, 0) is 36.8 Å². The molecule has 2 saturated carbocycles. The van der Waals surface area contributed by atoms with Crippen molar-refractivity contribution in [1.29, 1.82) is 0 Å². The molecule has 9 nitrogen and oxygen atoms in total. The van der Waals surface area contributed by atoms with E-state index in [1.54, 1.807) is 33.8 Å². The number of phenolic OH excluding ortho intramolecular Hbond substituents is 1. The number of rotatable bonds is 7. The van der Waals surface area contributed by atoms with Crippen LogP contribution in [0.15, 0.2) is 53.3 Å². The van der Waals surface area contributed by atoms with Crippen molar-refractivity contribution in [3.8, 4) is 16.9 Å². The first-order chi connectivity index (χ1) is 24.1. The molecule has 0 radical (unpaired) electrons. The third-order valence-electron chi connectivity index (χ3n) is 12.5. The molecule has 0 heterocycles. The molecule has 9 heteroatoms. The van der Waals surface area contributed by atoms with E-state index in [1.165, 1.54) is 6.07 Å². The fourth-order valence-electron chi connectivity index (χ4n) is 10.3. The molecule has 2 aromatic rings. The van der Waals surface area contributed by atoms with Crippen molar-refractivity contribution in [3.05, 3.63) is 70.0 Å². The number of benzene rings is 2. The molecule has 0 aromatic heterocycles. The highest BCUT2D eigenvalue weighted by Crippen LogP contribution is 2.65. The van der Waals surface area contributed by atoms with Gasteiger partial charge in [-0.25, -0.2) is 0 Å². The van der Waals surface area contributed by atoms with E-state index in [9.17, 15) is 44.4 Å².